The molecule has 3 aromatic rings. The molecule has 8 heteroatoms. The van der Waals surface area contributed by atoms with E-state index >= 15 is 0 Å². The van der Waals surface area contributed by atoms with Crippen LogP contribution < -0.4 is 9.47 Å². The number of halogens is 1. The van der Waals surface area contributed by atoms with Gasteiger partial charge in [-0.15, -0.1) is 11.8 Å². The van der Waals surface area contributed by atoms with Gasteiger partial charge in [-0.2, -0.15) is 0 Å². The predicted molar refractivity (Wildman–Crippen MR) is 159 cm³/mol. The molecule has 1 aliphatic heterocycles. The first-order chi connectivity index (χ1) is 18.9. The fraction of sp³-hybridized carbons (Fsp3) is 0.344. The van der Waals surface area contributed by atoms with Crippen LogP contribution in [0.1, 0.15) is 53.7 Å². The van der Waals surface area contributed by atoms with Crippen molar-refractivity contribution in [2.45, 2.75) is 51.0 Å². The molecule has 40 heavy (non-hydrogen) atoms. The number of aryl methyl sites for hydroxylation is 2. The Balaban J connectivity index is 1.67. The van der Waals surface area contributed by atoms with Gasteiger partial charge in [0, 0.05) is 35.4 Å². The van der Waals surface area contributed by atoms with Gasteiger partial charge in [-0.3, -0.25) is 9.59 Å². The summed E-state index contributed by atoms with van der Waals surface area (Å²) in [6, 6.07) is 18.3. The molecule has 1 amide bonds. The molecule has 2 atom stereocenters. The monoisotopic (exact) mass is 579 g/mol. The zero-order valence-electron chi connectivity index (χ0n) is 23.6. The Hall–Kier alpha value is -3.29. The van der Waals surface area contributed by atoms with Crippen molar-refractivity contribution in [2.24, 2.45) is 5.92 Å². The summed E-state index contributed by atoms with van der Waals surface area (Å²) in [5.41, 5.74) is 2.28. The standard InChI is InChI=1S/C32H34ClNO5S/c1-19-15-23(16-20(2)30(19)39-32(4,5)21(3)35)25-17-34(31(37)38-28-10-8-7-9-27(28)33)18-26(25)29(36)22-11-13-24(40-6)14-12-22/h7-16,25-26H,17-18H2,1-6H3/t25-,26+/m1/s1. The summed E-state index contributed by atoms with van der Waals surface area (Å²) in [5, 5.41) is 0.337. The molecule has 1 aliphatic rings. The third-order valence-corrected chi connectivity index (χ3v) is 8.49. The molecule has 3 aromatic carbocycles. The van der Waals surface area contributed by atoms with Crippen molar-refractivity contribution in [2.75, 3.05) is 19.3 Å². The lowest BCUT2D eigenvalue weighted by Crippen LogP contribution is -2.36. The molecule has 1 heterocycles. The van der Waals surface area contributed by atoms with E-state index in [1.54, 1.807) is 54.8 Å². The zero-order valence-corrected chi connectivity index (χ0v) is 25.2. The number of para-hydroxylation sites is 1. The van der Waals surface area contributed by atoms with Gasteiger partial charge in [-0.25, -0.2) is 4.79 Å². The zero-order chi connectivity index (χ0) is 29.2. The van der Waals surface area contributed by atoms with Crippen LogP contribution in [0.4, 0.5) is 4.79 Å². The lowest BCUT2D eigenvalue weighted by atomic mass is 9.82. The Morgan fingerprint density at radius 2 is 1.60 bits per heavy atom. The number of nitrogens with zero attached hydrogens (tertiary/aromatic N) is 1. The van der Waals surface area contributed by atoms with Crippen LogP contribution in [0.5, 0.6) is 11.5 Å². The number of hydrogen-bond donors (Lipinski definition) is 0. The Morgan fingerprint density at radius 1 is 0.975 bits per heavy atom. The van der Waals surface area contributed by atoms with Crippen LogP contribution in [0.3, 0.4) is 0 Å². The van der Waals surface area contributed by atoms with Gasteiger partial charge >= 0.3 is 6.09 Å². The van der Waals surface area contributed by atoms with E-state index in [-0.39, 0.29) is 29.8 Å². The van der Waals surface area contributed by atoms with Crippen molar-refractivity contribution in [1.29, 1.82) is 0 Å². The maximum Gasteiger partial charge on any atom is 0.415 e. The van der Waals surface area contributed by atoms with Crippen LogP contribution in [-0.4, -0.2) is 47.5 Å². The highest BCUT2D eigenvalue weighted by Crippen LogP contribution is 2.39. The molecule has 0 unspecified atom stereocenters. The van der Waals surface area contributed by atoms with Gasteiger partial charge in [-0.1, -0.05) is 48.0 Å². The maximum atomic E-state index is 13.8. The Labute approximate surface area is 245 Å². The van der Waals surface area contributed by atoms with Gasteiger partial charge in [-0.05, 0) is 81.8 Å². The largest absolute Gasteiger partial charge is 0.480 e. The number of hydrogen-bond acceptors (Lipinski definition) is 6. The van der Waals surface area contributed by atoms with E-state index in [4.69, 9.17) is 21.1 Å². The van der Waals surface area contributed by atoms with Crippen LogP contribution in [0, 0.1) is 19.8 Å². The Bertz CT molecular complexity index is 1410. The lowest BCUT2D eigenvalue weighted by Gasteiger charge is -2.27. The van der Waals surface area contributed by atoms with Crippen molar-refractivity contribution in [1.82, 2.24) is 4.90 Å². The number of Topliss-reactive ketones (excluding diaryl/α,β-unsaturated/α-hetero) is 2. The molecule has 6 nitrogen and oxygen atoms in total. The minimum Gasteiger partial charge on any atom is -0.480 e. The first-order valence-electron chi connectivity index (χ1n) is 13.1. The molecule has 0 saturated carbocycles. The van der Waals surface area contributed by atoms with Crippen LogP contribution in [0.2, 0.25) is 5.02 Å². The van der Waals surface area contributed by atoms with Crippen LogP contribution >= 0.6 is 23.4 Å². The van der Waals surface area contributed by atoms with Crippen LogP contribution in [0.15, 0.2) is 65.6 Å². The van der Waals surface area contributed by atoms with E-state index < -0.39 is 17.6 Å². The van der Waals surface area contributed by atoms with E-state index in [0.717, 1.165) is 21.6 Å². The third kappa shape index (κ3) is 6.37. The molecular weight excluding hydrogens is 546 g/mol. The van der Waals surface area contributed by atoms with E-state index in [9.17, 15) is 14.4 Å². The molecule has 0 bridgehead atoms. The molecule has 0 aromatic heterocycles. The summed E-state index contributed by atoms with van der Waals surface area (Å²) >= 11 is 7.82. The average Bonchev–Trinajstić information content (AvgIpc) is 3.37. The minimum atomic E-state index is -0.967. The topological polar surface area (TPSA) is 72.9 Å². The lowest BCUT2D eigenvalue weighted by molar-refractivity contribution is -0.129. The number of rotatable bonds is 8. The van der Waals surface area contributed by atoms with Crippen molar-refractivity contribution in [3.05, 3.63) is 87.9 Å². The molecule has 1 fully saturated rings. The highest BCUT2D eigenvalue weighted by atomic mass is 35.5. The Kier molecular flexibility index (Phi) is 8.96. The van der Waals surface area contributed by atoms with E-state index in [1.165, 1.54) is 6.92 Å². The molecule has 1 saturated heterocycles. The van der Waals surface area contributed by atoms with E-state index in [1.807, 2.05) is 56.5 Å². The Morgan fingerprint density at radius 3 is 2.17 bits per heavy atom. The number of ether oxygens (including phenoxy) is 2. The smallest absolute Gasteiger partial charge is 0.415 e. The first kappa shape index (κ1) is 29.7. The van der Waals surface area contributed by atoms with Gasteiger partial charge < -0.3 is 14.4 Å². The molecule has 4 rings (SSSR count). The first-order valence-corrected chi connectivity index (χ1v) is 14.7. The van der Waals surface area contributed by atoms with E-state index in [2.05, 4.69) is 0 Å². The van der Waals surface area contributed by atoms with Crippen molar-refractivity contribution in [3.63, 3.8) is 0 Å². The van der Waals surface area contributed by atoms with Crippen molar-refractivity contribution < 1.29 is 23.9 Å². The van der Waals surface area contributed by atoms with Gasteiger partial charge in [0.1, 0.15) is 5.75 Å². The molecule has 0 aliphatic carbocycles. The molecule has 0 radical (unpaired) electrons. The number of benzene rings is 3. The highest BCUT2D eigenvalue weighted by molar-refractivity contribution is 7.98. The highest BCUT2D eigenvalue weighted by Gasteiger charge is 2.42. The summed E-state index contributed by atoms with van der Waals surface area (Å²) in [5.74, 6) is 0.0786. The average molecular weight is 580 g/mol. The van der Waals surface area contributed by atoms with Gasteiger partial charge in [0.2, 0.25) is 0 Å². The SMILES string of the molecule is CSc1ccc(C(=O)[C@H]2CN(C(=O)Oc3ccccc3Cl)C[C@@H]2c2cc(C)c(OC(C)(C)C(C)=O)c(C)c2)cc1. The predicted octanol–water partition coefficient (Wildman–Crippen LogP) is 7.52. The summed E-state index contributed by atoms with van der Waals surface area (Å²) < 4.78 is 11.7. The number of amides is 1. The fourth-order valence-electron chi connectivity index (χ4n) is 4.90. The van der Waals surface area contributed by atoms with Crippen molar-refractivity contribution in [3.8, 4) is 11.5 Å². The van der Waals surface area contributed by atoms with Gasteiger partial charge in [0.25, 0.3) is 0 Å². The van der Waals surface area contributed by atoms with Gasteiger partial charge in [0.15, 0.2) is 22.9 Å². The second-order valence-corrected chi connectivity index (χ2v) is 11.9. The summed E-state index contributed by atoms with van der Waals surface area (Å²) in [6.45, 7) is 9.38. The maximum absolute atomic E-state index is 13.8. The molecular formula is C32H34ClNO5S. The summed E-state index contributed by atoms with van der Waals surface area (Å²) in [6.07, 6.45) is 1.43. The van der Waals surface area contributed by atoms with Crippen LogP contribution in [-0.2, 0) is 4.79 Å². The fourth-order valence-corrected chi connectivity index (χ4v) is 5.48. The molecule has 0 spiro atoms. The number of likely N-dealkylation sites (tertiary alicyclic amines) is 1. The van der Waals surface area contributed by atoms with Crippen molar-refractivity contribution >= 4 is 41.0 Å². The quantitative estimate of drug-likeness (QED) is 0.203. The van der Waals surface area contributed by atoms with Gasteiger partial charge in [0.05, 0.1) is 5.02 Å². The summed E-state index contributed by atoms with van der Waals surface area (Å²) in [7, 11) is 0. The third-order valence-electron chi connectivity index (χ3n) is 7.44. The normalized spacial score (nSPS) is 17.0. The van der Waals surface area contributed by atoms with Crippen LogP contribution in [0.25, 0.3) is 0 Å². The number of ketones is 2. The second-order valence-electron chi connectivity index (χ2n) is 10.7. The summed E-state index contributed by atoms with van der Waals surface area (Å²) in [4.78, 5) is 41.8. The number of carbonyl (C=O) groups is 3. The molecule has 210 valence electrons. The molecule has 0 N–H and O–H groups in total. The van der Waals surface area contributed by atoms with E-state index in [0.29, 0.717) is 22.9 Å². The minimum absolute atomic E-state index is 0.0287. The number of thioether (sulfide) groups is 1. The second kappa shape index (κ2) is 12.1. The number of carbonyl (C=O) groups excluding carboxylic acids is 3.